The first-order valence-electron chi connectivity index (χ1n) is 10.5. The van der Waals surface area contributed by atoms with E-state index < -0.39 is 0 Å². The van der Waals surface area contributed by atoms with E-state index in [1.54, 1.807) is 0 Å². The second-order valence-electron chi connectivity index (χ2n) is 8.19. The summed E-state index contributed by atoms with van der Waals surface area (Å²) in [5, 5.41) is 6.18. The first kappa shape index (κ1) is 19.7. The molecule has 0 unspecified atom stereocenters. The smallest absolute Gasteiger partial charge is 0.321 e. The summed E-state index contributed by atoms with van der Waals surface area (Å²) in [4.78, 5) is 26.7. The number of nitrogens with one attached hydrogen (secondary N) is 2. The lowest BCUT2D eigenvalue weighted by molar-refractivity contribution is -0.122. The maximum Gasteiger partial charge on any atom is 0.321 e. The zero-order chi connectivity index (χ0) is 19.1. The molecule has 0 spiro atoms. The van der Waals surface area contributed by atoms with Gasteiger partial charge in [0.05, 0.1) is 0 Å². The molecular formula is C22H33N3O2. The summed E-state index contributed by atoms with van der Waals surface area (Å²) in [6.45, 7) is 3.57. The molecule has 1 aromatic carbocycles. The summed E-state index contributed by atoms with van der Waals surface area (Å²) in [6.07, 6.45) is 9.58. The highest BCUT2D eigenvalue weighted by atomic mass is 16.2. The van der Waals surface area contributed by atoms with E-state index in [-0.39, 0.29) is 11.9 Å². The SMILES string of the molecule is Cc1ccc(NC(=O)N2CCC[C@@H](CCC(=O)NC3CCCCC3)C2)cc1. The van der Waals surface area contributed by atoms with Crippen LogP contribution in [-0.4, -0.2) is 36.0 Å². The second kappa shape index (κ2) is 9.77. The first-order valence-corrected chi connectivity index (χ1v) is 10.5. The number of benzene rings is 1. The van der Waals surface area contributed by atoms with Crippen LogP contribution < -0.4 is 10.6 Å². The van der Waals surface area contributed by atoms with Crippen LogP contribution in [0, 0.1) is 12.8 Å². The Hall–Kier alpha value is -2.04. The molecule has 27 heavy (non-hydrogen) atoms. The van der Waals surface area contributed by atoms with Gasteiger partial charge in [0.15, 0.2) is 0 Å². The number of nitrogens with zero attached hydrogens (tertiary/aromatic N) is 1. The highest BCUT2D eigenvalue weighted by Gasteiger charge is 2.24. The number of urea groups is 1. The normalized spacial score (nSPS) is 20.9. The van der Waals surface area contributed by atoms with Crippen molar-refractivity contribution in [3.05, 3.63) is 29.8 Å². The molecule has 2 N–H and O–H groups in total. The fourth-order valence-electron chi connectivity index (χ4n) is 4.21. The van der Waals surface area contributed by atoms with E-state index in [4.69, 9.17) is 0 Å². The van der Waals surface area contributed by atoms with Crippen LogP contribution >= 0.6 is 0 Å². The van der Waals surface area contributed by atoms with Crippen LogP contribution in [0.2, 0.25) is 0 Å². The molecule has 5 heteroatoms. The van der Waals surface area contributed by atoms with E-state index in [0.717, 1.165) is 50.9 Å². The van der Waals surface area contributed by atoms with Gasteiger partial charge in [0.2, 0.25) is 5.91 Å². The Bertz CT molecular complexity index is 623. The van der Waals surface area contributed by atoms with Gasteiger partial charge in [0, 0.05) is 31.2 Å². The van der Waals surface area contributed by atoms with Crippen molar-refractivity contribution in [2.24, 2.45) is 5.92 Å². The van der Waals surface area contributed by atoms with Crippen LogP contribution in [0.1, 0.15) is 63.4 Å². The van der Waals surface area contributed by atoms with Crippen molar-refractivity contribution in [3.63, 3.8) is 0 Å². The van der Waals surface area contributed by atoms with Gasteiger partial charge in [-0.1, -0.05) is 37.0 Å². The van der Waals surface area contributed by atoms with Gasteiger partial charge in [-0.2, -0.15) is 0 Å². The average molecular weight is 372 g/mol. The third-order valence-electron chi connectivity index (χ3n) is 5.86. The van der Waals surface area contributed by atoms with Crippen molar-refractivity contribution in [2.75, 3.05) is 18.4 Å². The molecule has 3 amide bonds. The molecule has 2 aliphatic rings. The molecule has 0 bridgehead atoms. The Morgan fingerprint density at radius 1 is 1.04 bits per heavy atom. The molecule has 1 aromatic rings. The van der Waals surface area contributed by atoms with Crippen molar-refractivity contribution in [1.29, 1.82) is 0 Å². The first-order chi connectivity index (χ1) is 13.1. The molecule has 2 fully saturated rings. The molecule has 1 atom stereocenters. The van der Waals surface area contributed by atoms with Crippen molar-refractivity contribution in [2.45, 2.75) is 70.8 Å². The Morgan fingerprint density at radius 3 is 2.52 bits per heavy atom. The predicted molar refractivity (Wildman–Crippen MR) is 109 cm³/mol. The average Bonchev–Trinajstić information content (AvgIpc) is 2.69. The van der Waals surface area contributed by atoms with Crippen molar-refractivity contribution >= 4 is 17.6 Å². The maximum absolute atomic E-state index is 12.5. The Kier molecular flexibility index (Phi) is 7.13. The summed E-state index contributed by atoms with van der Waals surface area (Å²) in [5.41, 5.74) is 2.01. The van der Waals surface area contributed by atoms with Crippen molar-refractivity contribution in [1.82, 2.24) is 10.2 Å². The van der Waals surface area contributed by atoms with Gasteiger partial charge in [-0.15, -0.1) is 0 Å². The molecule has 0 aromatic heterocycles. The van der Waals surface area contributed by atoms with Crippen LogP contribution in [-0.2, 0) is 4.79 Å². The number of piperidine rings is 1. The highest BCUT2D eigenvalue weighted by molar-refractivity contribution is 5.89. The zero-order valence-corrected chi connectivity index (χ0v) is 16.5. The molecule has 1 saturated carbocycles. The quantitative estimate of drug-likeness (QED) is 0.802. The van der Waals surface area contributed by atoms with E-state index in [1.165, 1.54) is 24.8 Å². The number of likely N-dealkylation sites (tertiary alicyclic amines) is 1. The van der Waals surface area contributed by atoms with Gasteiger partial charge in [0.1, 0.15) is 0 Å². The minimum Gasteiger partial charge on any atom is -0.353 e. The lowest BCUT2D eigenvalue weighted by Gasteiger charge is -2.33. The van der Waals surface area contributed by atoms with E-state index in [2.05, 4.69) is 10.6 Å². The van der Waals surface area contributed by atoms with Gasteiger partial charge in [-0.3, -0.25) is 4.79 Å². The second-order valence-corrected chi connectivity index (χ2v) is 8.19. The summed E-state index contributed by atoms with van der Waals surface area (Å²) in [5.74, 6) is 0.600. The van der Waals surface area contributed by atoms with E-state index in [0.29, 0.717) is 18.4 Å². The van der Waals surface area contributed by atoms with Gasteiger partial charge < -0.3 is 15.5 Å². The molecule has 5 nitrogen and oxygen atoms in total. The highest BCUT2D eigenvalue weighted by Crippen LogP contribution is 2.23. The number of hydrogen-bond acceptors (Lipinski definition) is 2. The van der Waals surface area contributed by atoms with E-state index in [1.807, 2.05) is 36.1 Å². The maximum atomic E-state index is 12.5. The molecule has 0 radical (unpaired) electrons. The standard InChI is InChI=1S/C22H33N3O2/c1-17-9-12-20(13-10-17)24-22(27)25-15-5-6-18(16-25)11-14-21(26)23-19-7-3-2-4-8-19/h9-10,12-13,18-19H,2-8,11,14-16H2,1H3,(H,23,26)(H,24,27)/t18-/m0/s1. The number of amides is 3. The molecule has 148 valence electrons. The van der Waals surface area contributed by atoms with Crippen LogP contribution in [0.5, 0.6) is 0 Å². The number of hydrogen-bond donors (Lipinski definition) is 2. The van der Waals surface area contributed by atoms with Crippen LogP contribution in [0.15, 0.2) is 24.3 Å². The number of carbonyl (C=O) groups is 2. The van der Waals surface area contributed by atoms with Crippen molar-refractivity contribution < 1.29 is 9.59 Å². The summed E-state index contributed by atoms with van der Waals surface area (Å²) in [6, 6.07) is 8.22. The van der Waals surface area contributed by atoms with E-state index in [9.17, 15) is 9.59 Å². The third kappa shape index (κ3) is 6.26. The van der Waals surface area contributed by atoms with Crippen LogP contribution in [0.3, 0.4) is 0 Å². The number of carbonyl (C=O) groups excluding carboxylic acids is 2. The number of aryl methyl sites for hydroxylation is 1. The molecule has 1 aliphatic carbocycles. The van der Waals surface area contributed by atoms with Gasteiger partial charge in [-0.25, -0.2) is 4.79 Å². The molecular weight excluding hydrogens is 338 g/mol. The van der Waals surface area contributed by atoms with E-state index >= 15 is 0 Å². The summed E-state index contributed by atoms with van der Waals surface area (Å²) in [7, 11) is 0. The lowest BCUT2D eigenvalue weighted by atomic mass is 9.92. The van der Waals surface area contributed by atoms with Gasteiger partial charge in [-0.05, 0) is 57.1 Å². The predicted octanol–water partition coefficient (Wildman–Crippen LogP) is 4.47. The zero-order valence-electron chi connectivity index (χ0n) is 16.5. The Morgan fingerprint density at radius 2 is 1.78 bits per heavy atom. The van der Waals surface area contributed by atoms with Crippen LogP contribution in [0.4, 0.5) is 10.5 Å². The Labute approximate surface area is 162 Å². The monoisotopic (exact) mass is 371 g/mol. The summed E-state index contributed by atoms with van der Waals surface area (Å²) >= 11 is 0. The van der Waals surface area contributed by atoms with Gasteiger partial charge in [0.25, 0.3) is 0 Å². The minimum atomic E-state index is -0.0322. The van der Waals surface area contributed by atoms with Crippen LogP contribution in [0.25, 0.3) is 0 Å². The van der Waals surface area contributed by atoms with Crippen molar-refractivity contribution in [3.8, 4) is 0 Å². The molecule has 1 saturated heterocycles. The lowest BCUT2D eigenvalue weighted by Crippen LogP contribution is -2.42. The fraction of sp³-hybridized carbons (Fsp3) is 0.636. The number of rotatable bonds is 5. The minimum absolute atomic E-state index is 0.0322. The Balaban J connectivity index is 1.41. The fourth-order valence-corrected chi connectivity index (χ4v) is 4.21. The number of anilines is 1. The molecule has 1 aliphatic heterocycles. The third-order valence-corrected chi connectivity index (χ3v) is 5.86. The largest absolute Gasteiger partial charge is 0.353 e. The topological polar surface area (TPSA) is 61.4 Å². The molecule has 1 heterocycles. The molecule has 3 rings (SSSR count). The van der Waals surface area contributed by atoms with Gasteiger partial charge >= 0.3 is 6.03 Å². The summed E-state index contributed by atoms with van der Waals surface area (Å²) < 4.78 is 0.